The monoisotopic (exact) mass is 1370 g/mol. The number of hydrogen-bond acceptors (Lipinski definition) is 15. The Bertz CT molecular complexity index is 2980. The van der Waals surface area contributed by atoms with Crippen molar-refractivity contribution in [2.75, 3.05) is 67.5 Å². The van der Waals surface area contributed by atoms with Crippen molar-refractivity contribution < 1.29 is 72.3 Å². The van der Waals surface area contributed by atoms with E-state index >= 15 is 0 Å². The number of nitrogens with one attached hydrogen (secondary N) is 3. The van der Waals surface area contributed by atoms with Gasteiger partial charge in [0.25, 0.3) is 0 Å². The maximum atomic E-state index is 14.2. The average molecular weight is 1370 g/mol. The third kappa shape index (κ3) is 30.4. The van der Waals surface area contributed by atoms with Crippen LogP contribution in [-0.2, 0) is 62.4 Å². The second-order valence-corrected chi connectivity index (χ2v) is 30.1. The molecule has 7 atom stereocenters. The number of carboxylic acid groups (broad SMARTS) is 1. The van der Waals surface area contributed by atoms with Gasteiger partial charge < -0.3 is 59.8 Å². The van der Waals surface area contributed by atoms with Gasteiger partial charge in [-0.25, -0.2) is 24.0 Å². The zero-order valence-electron chi connectivity index (χ0n) is 62.8. The summed E-state index contributed by atoms with van der Waals surface area (Å²) in [5, 5.41) is 25.0. The number of amides is 8. The smallest absolute Gasteiger partial charge is 0.410 e. The van der Waals surface area contributed by atoms with Gasteiger partial charge in [-0.1, -0.05) is 133 Å². The first-order valence-electron chi connectivity index (χ1n) is 33.9. The summed E-state index contributed by atoms with van der Waals surface area (Å²) >= 11 is 0. The summed E-state index contributed by atoms with van der Waals surface area (Å²) in [6, 6.07) is 25.6. The molecule has 2 aliphatic heterocycles. The van der Waals surface area contributed by atoms with Gasteiger partial charge >= 0.3 is 30.3 Å². The van der Waals surface area contributed by atoms with Crippen LogP contribution >= 0.6 is 0 Å². The van der Waals surface area contributed by atoms with Gasteiger partial charge in [0.15, 0.2) is 0 Å². The lowest BCUT2D eigenvalue weighted by molar-refractivity contribution is -0.142. The number of ether oxygens (including phenoxy) is 4. The van der Waals surface area contributed by atoms with E-state index in [1.54, 1.807) is 86.0 Å². The molecule has 2 heterocycles. The number of nitrogens with zero attached hydrogens (tertiary/aromatic N) is 6. The summed E-state index contributed by atoms with van der Waals surface area (Å²) in [5.41, 5.74) is 0.186. The van der Waals surface area contributed by atoms with Gasteiger partial charge in [0.05, 0.1) is 0 Å². The lowest BCUT2D eigenvalue weighted by Gasteiger charge is -2.38. The molecular formula is C74H119N9O15. The zero-order valence-corrected chi connectivity index (χ0v) is 62.8. The minimum Gasteiger partial charge on any atom is -0.480 e. The van der Waals surface area contributed by atoms with Gasteiger partial charge in [-0.05, 0) is 156 Å². The largest absolute Gasteiger partial charge is 0.480 e. The van der Waals surface area contributed by atoms with Crippen LogP contribution in [0.3, 0.4) is 0 Å². The van der Waals surface area contributed by atoms with Crippen molar-refractivity contribution in [1.82, 2.24) is 45.3 Å². The highest BCUT2D eigenvalue weighted by atomic mass is 16.6. The van der Waals surface area contributed by atoms with E-state index in [0.29, 0.717) is 32.6 Å². The molecule has 2 aliphatic rings. The fourth-order valence-electron chi connectivity index (χ4n) is 10.2. The molecule has 0 spiro atoms. The van der Waals surface area contributed by atoms with Gasteiger partial charge in [-0.2, -0.15) is 0 Å². The van der Waals surface area contributed by atoms with Gasteiger partial charge in [0.2, 0.25) is 23.6 Å². The highest BCUT2D eigenvalue weighted by Crippen LogP contribution is 2.29. The third-order valence-electron chi connectivity index (χ3n) is 16.2. The molecule has 2 fully saturated rings. The number of rotatable bonds is 22. The summed E-state index contributed by atoms with van der Waals surface area (Å²) < 4.78 is 21.5. The van der Waals surface area contributed by atoms with Crippen molar-refractivity contribution in [3.8, 4) is 0 Å². The van der Waals surface area contributed by atoms with Gasteiger partial charge in [0, 0.05) is 73.1 Å². The molecule has 24 heteroatoms. The number of likely N-dealkylation sites (tertiary alicyclic amines) is 2. The Hall–Kier alpha value is -7.99. The molecule has 2 saturated heterocycles. The summed E-state index contributed by atoms with van der Waals surface area (Å²) in [6.07, 6.45) is 2.70. The van der Waals surface area contributed by atoms with E-state index < -0.39 is 94.1 Å². The average Bonchev–Trinajstić information content (AvgIpc) is 1.67. The van der Waals surface area contributed by atoms with Crippen LogP contribution < -0.4 is 16.0 Å². The van der Waals surface area contributed by atoms with Crippen LogP contribution in [0.25, 0.3) is 0 Å². The second-order valence-electron chi connectivity index (χ2n) is 30.1. The Labute approximate surface area is 584 Å². The Morgan fingerprint density at radius 2 is 0.847 bits per heavy atom. The first kappa shape index (κ1) is 86.1. The van der Waals surface area contributed by atoms with Crippen LogP contribution in [0.4, 0.5) is 19.2 Å². The Kier molecular flexibility index (Phi) is 34.8. The van der Waals surface area contributed by atoms with Crippen molar-refractivity contribution in [1.29, 1.82) is 0 Å². The second kappa shape index (κ2) is 39.6. The van der Waals surface area contributed by atoms with Gasteiger partial charge in [-0.15, -0.1) is 0 Å². The number of likely N-dealkylation sites (N-methyl/N-ethyl adjacent to an activating group) is 3. The van der Waals surface area contributed by atoms with E-state index in [1.165, 1.54) is 43.4 Å². The molecule has 3 aromatic carbocycles. The normalized spacial score (nSPS) is 16.2. The SMILES string of the molecule is CO.C[C@@H](C(=O)N[C@H](C(=O)N1CCC[C@H]1CN(CCc1ccccc1)C(=O)OCc1ccccc1)C(C)(C)C)N(C)C(=O)OC(C)(C)C.C[C@@H](C(=O)N[C@H](C(=O)N1CCC[C@H]1CNCCc1ccccc1)C(C)(C)C)N(C)C(=O)OC(C)(C)C.C[C@@H](C(=O)O)N(C)C(=O)OC(C)(C)C. The predicted octanol–water partition coefficient (Wildman–Crippen LogP) is 10.2. The maximum absolute atomic E-state index is 14.2. The van der Waals surface area contributed by atoms with Crippen LogP contribution in [-0.4, -0.2) is 220 Å². The molecule has 5 N–H and O–H groups in total. The number of carboxylic acids is 1. The number of aliphatic hydroxyl groups excluding tert-OH is 1. The summed E-state index contributed by atoms with van der Waals surface area (Å²) in [5.74, 6) is -2.18. The molecule has 0 saturated carbocycles. The number of benzene rings is 3. The number of carbonyl (C=O) groups is 9. The Balaban J connectivity index is 0.000000556. The molecule has 8 amide bonds. The molecule has 98 heavy (non-hydrogen) atoms. The van der Waals surface area contributed by atoms with Crippen molar-refractivity contribution >= 4 is 54.0 Å². The van der Waals surface area contributed by atoms with E-state index in [0.717, 1.165) is 68.3 Å². The van der Waals surface area contributed by atoms with Gasteiger partial charge in [0.1, 0.15) is 53.6 Å². The third-order valence-corrected chi connectivity index (χ3v) is 16.2. The lowest BCUT2D eigenvalue weighted by atomic mass is 9.85. The molecule has 0 radical (unpaired) electrons. The van der Waals surface area contributed by atoms with Crippen molar-refractivity contribution in [3.05, 3.63) is 108 Å². The van der Waals surface area contributed by atoms with Crippen molar-refractivity contribution in [3.63, 3.8) is 0 Å². The van der Waals surface area contributed by atoms with E-state index in [-0.39, 0.29) is 36.4 Å². The van der Waals surface area contributed by atoms with Crippen molar-refractivity contribution in [2.24, 2.45) is 10.8 Å². The van der Waals surface area contributed by atoms with Crippen LogP contribution in [0.2, 0.25) is 0 Å². The topological polar surface area (TPSA) is 287 Å². The predicted molar refractivity (Wildman–Crippen MR) is 380 cm³/mol. The molecular weight excluding hydrogens is 1250 g/mol. The fraction of sp³-hybridized carbons (Fsp3) is 0.635. The molecule has 0 unspecified atom stereocenters. The number of hydrogen-bond donors (Lipinski definition) is 5. The van der Waals surface area contributed by atoms with Crippen LogP contribution in [0.1, 0.15) is 167 Å². The Morgan fingerprint density at radius 3 is 1.21 bits per heavy atom. The van der Waals surface area contributed by atoms with Crippen LogP contribution in [0, 0.1) is 10.8 Å². The molecule has 24 nitrogen and oxygen atoms in total. The minimum absolute atomic E-state index is 0.0738. The summed E-state index contributed by atoms with van der Waals surface area (Å²) in [7, 11) is 5.43. The van der Waals surface area contributed by atoms with E-state index in [9.17, 15) is 43.2 Å². The molecule has 3 aromatic rings. The van der Waals surface area contributed by atoms with E-state index in [2.05, 4.69) is 28.1 Å². The first-order valence-corrected chi connectivity index (χ1v) is 33.9. The number of aliphatic hydroxyl groups is 1. The molecule has 0 aromatic heterocycles. The number of carbonyl (C=O) groups excluding carboxylic acids is 8. The number of aliphatic carboxylic acids is 1. The minimum atomic E-state index is -1.06. The highest BCUT2D eigenvalue weighted by Gasteiger charge is 2.43. The molecule has 0 aliphatic carbocycles. The van der Waals surface area contributed by atoms with E-state index in [1.807, 2.05) is 125 Å². The first-order chi connectivity index (χ1) is 45.4. The Morgan fingerprint density at radius 1 is 0.500 bits per heavy atom. The molecule has 5 rings (SSSR count). The summed E-state index contributed by atoms with van der Waals surface area (Å²) in [4.78, 5) is 124. The van der Waals surface area contributed by atoms with E-state index in [4.69, 9.17) is 29.2 Å². The summed E-state index contributed by atoms with van der Waals surface area (Å²) in [6.45, 7) is 35.7. The van der Waals surface area contributed by atoms with Crippen LogP contribution in [0.5, 0.6) is 0 Å². The van der Waals surface area contributed by atoms with Crippen LogP contribution in [0.15, 0.2) is 91.0 Å². The van der Waals surface area contributed by atoms with Gasteiger partial charge in [-0.3, -0.25) is 33.9 Å². The highest BCUT2D eigenvalue weighted by molar-refractivity contribution is 5.93. The molecule has 550 valence electrons. The quantitative estimate of drug-likeness (QED) is 0.0462. The fourth-order valence-corrected chi connectivity index (χ4v) is 10.2. The zero-order chi connectivity index (χ0) is 74.7. The standard InChI is InChI=1S/C36H52N4O6.C28H46N4O4.C9H17NO4.CH4O/c1-26(38(8)33(43)46-36(5,6)7)31(41)37-30(35(2,3)4)32(42)40-22-15-20-29(40)24-39(23-21-27-16-11-9-12-17-27)34(44)45-25-28-18-13-10-14-19-28;1-20(31(8)26(35)36-28(5,6)7)24(33)30-23(27(2,3)4)25(34)32-18-12-15-22(32)19-29-17-16-21-13-10-9-11-14-21;1-6(7(11)12)10(5)8(13)14-9(2,3)4;1-2/h9-14,16-19,26,29-30H,15,20-25H2,1-8H3,(H,37,41);9-11,13-14,20,22-23,29H,12,15-19H2,1-8H3,(H,30,33);6H,1-5H3,(H,11,12);2H,1H3/t26-,29-,30+;20-,22-,23+;6-;/m000./s1. The van der Waals surface area contributed by atoms with Crippen molar-refractivity contribution in [2.45, 2.75) is 229 Å². The maximum Gasteiger partial charge on any atom is 0.410 e. The lowest BCUT2D eigenvalue weighted by Crippen LogP contribution is -2.59. The molecule has 0 bridgehead atoms.